The molecule has 0 fully saturated rings. The molecule has 1 heterocycles. The first-order valence-electron chi connectivity index (χ1n) is 18.1. The maximum atomic E-state index is 6.75. The lowest BCUT2D eigenvalue weighted by Gasteiger charge is -2.28. The quantitative estimate of drug-likeness (QED) is 0.163. The third kappa shape index (κ3) is 4.60. The molecule has 0 aliphatic heterocycles. The van der Waals surface area contributed by atoms with Gasteiger partial charge in [0.15, 0.2) is 0 Å². The molecular weight excluding hydrogens is 607 g/mol. The van der Waals surface area contributed by atoms with Crippen LogP contribution < -0.4 is 43.7 Å². The highest BCUT2D eigenvalue weighted by Gasteiger charge is 2.25. The van der Waals surface area contributed by atoms with Crippen LogP contribution >= 0.6 is 0 Å². The van der Waals surface area contributed by atoms with E-state index in [1.165, 1.54) is 104 Å². The molecule has 0 aliphatic carbocycles. The van der Waals surface area contributed by atoms with Crippen LogP contribution in [0.2, 0.25) is 0 Å². The summed E-state index contributed by atoms with van der Waals surface area (Å²) in [5, 5.41) is 10.1. The molecule has 0 saturated heterocycles. The molecule has 0 atom stereocenters. The topological polar surface area (TPSA) is 13.1 Å². The highest BCUT2D eigenvalue weighted by molar-refractivity contribution is 6.71. The Bertz CT molecular complexity index is 2850. The summed E-state index contributed by atoms with van der Waals surface area (Å²) in [5.41, 5.74) is 20.4. The Kier molecular flexibility index (Phi) is 7.30. The van der Waals surface area contributed by atoms with Gasteiger partial charge in [-0.1, -0.05) is 107 Å². The van der Waals surface area contributed by atoms with Crippen molar-refractivity contribution in [3.05, 3.63) is 109 Å². The molecule has 0 saturated carbocycles. The van der Waals surface area contributed by atoms with Crippen LogP contribution in [0.3, 0.4) is 0 Å². The van der Waals surface area contributed by atoms with Crippen LogP contribution in [0.4, 0.5) is 0 Å². The van der Waals surface area contributed by atoms with Crippen molar-refractivity contribution in [3.63, 3.8) is 0 Å². The molecule has 1 aromatic heterocycles. The van der Waals surface area contributed by atoms with E-state index in [9.17, 15) is 0 Å². The summed E-state index contributed by atoms with van der Waals surface area (Å²) in [6.07, 6.45) is 0. The van der Waals surface area contributed by atoms with Crippen LogP contribution in [0.5, 0.6) is 0 Å². The van der Waals surface area contributed by atoms with Crippen LogP contribution in [0.1, 0.15) is 0 Å². The minimum Gasteiger partial charge on any atom is -0.455 e. The molecule has 51 heavy (non-hydrogen) atoms. The Morgan fingerprint density at radius 2 is 0.784 bits per heavy atom. The molecule has 0 bridgehead atoms. The Morgan fingerprint density at radius 3 is 1.33 bits per heavy atom. The second-order valence-corrected chi connectivity index (χ2v) is 14.7. The summed E-state index contributed by atoms with van der Waals surface area (Å²) >= 11 is 0. The molecule has 0 aliphatic rings. The molecule has 0 radical (unpaired) electrons. The third-order valence-corrected chi connectivity index (χ3v) is 12.3. The van der Waals surface area contributed by atoms with E-state index in [0.717, 1.165) is 27.3 Å². The van der Waals surface area contributed by atoms with Gasteiger partial charge in [-0.25, -0.2) is 0 Å². The van der Waals surface area contributed by atoms with Gasteiger partial charge in [-0.3, -0.25) is 0 Å². The van der Waals surface area contributed by atoms with Crippen molar-refractivity contribution in [3.8, 4) is 33.4 Å². The number of hydrogen-bond acceptors (Lipinski definition) is 1. The Hall–Kier alpha value is -5.14. The number of benzene rings is 8. The van der Waals surface area contributed by atoms with Gasteiger partial charge in [0.2, 0.25) is 0 Å². The minimum atomic E-state index is 0.917. The van der Waals surface area contributed by atoms with Crippen molar-refractivity contribution >= 4 is 161 Å². The summed E-state index contributed by atoms with van der Waals surface area (Å²) in [4.78, 5) is 0. The van der Waals surface area contributed by atoms with Crippen LogP contribution in [0.25, 0.3) is 87.6 Å². The lowest BCUT2D eigenvalue weighted by molar-refractivity contribution is 0.673. The summed E-state index contributed by atoms with van der Waals surface area (Å²) in [6.45, 7) is 0. The summed E-state index contributed by atoms with van der Waals surface area (Å²) in [5.74, 6) is 0. The summed E-state index contributed by atoms with van der Waals surface area (Å²) in [6, 6.07) is 39.8. The predicted molar refractivity (Wildman–Crippen MR) is 248 cm³/mol. The van der Waals surface area contributed by atoms with E-state index in [0.29, 0.717) is 0 Å². The highest BCUT2D eigenvalue weighted by atomic mass is 16.3. The largest absolute Gasteiger partial charge is 0.455 e. The van der Waals surface area contributed by atoms with Gasteiger partial charge in [0, 0.05) is 16.2 Å². The number of furan rings is 1. The average molecular weight is 641 g/mol. The van der Waals surface area contributed by atoms with E-state index >= 15 is 0 Å². The molecule has 1 nitrogen and oxygen atoms in total. The zero-order valence-electron chi connectivity index (χ0n) is 30.8. The normalized spacial score (nSPS) is 11.8. The molecule has 8 aromatic carbocycles. The van der Waals surface area contributed by atoms with Gasteiger partial charge in [-0.2, -0.15) is 0 Å². The molecule has 9 aromatic rings. The first kappa shape index (κ1) is 31.8. The first-order chi connectivity index (χ1) is 24.7. The van der Waals surface area contributed by atoms with Gasteiger partial charge in [-0.15, -0.1) is 21.9 Å². The van der Waals surface area contributed by atoms with Crippen LogP contribution in [0.15, 0.2) is 114 Å². The maximum absolute atomic E-state index is 6.75. The number of rotatable bonds is 3. The van der Waals surface area contributed by atoms with Gasteiger partial charge in [0.05, 0.1) is 0 Å². The van der Waals surface area contributed by atoms with Crippen molar-refractivity contribution in [2.75, 3.05) is 0 Å². The van der Waals surface area contributed by atoms with Crippen molar-refractivity contribution in [1.82, 2.24) is 0 Å². The SMILES string of the molecule is Bc1c(B)c(B)c2c(-c3ccc4oc5c6cc(-c7ccccc7)ccc6ccc5c4c3)c3c(B)c(B)c(B)c(B)c3c(-c3ccccc3)c2c1B. The molecule has 0 N–H and O–H groups in total. The van der Waals surface area contributed by atoms with E-state index in [1.54, 1.807) is 0 Å². The molecule has 9 heteroatoms. The molecule has 232 valence electrons. The van der Waals surface area contributed by atoms with E-state index in [4.69, 9.17) is 4.42 Å². The Balaban J connectivity index is 1.44. The van der Waals surface area contributed by atoms with Gasteiger partial charge in [0.25, 0.3) is 0 Å². The molecule has 0 unspecified atom stereocenters. The fraction of sp³-hybridized carbons (Fsp3) is 0. The van der Waals surface area contributed by atoms with Crippen molar-refractivity contribution in [2.45, 2.75) is 0 Å². The predicted octanol–water partition coefficient (Wildman–Crippen LogP) is -1.89. The van der Waals surface area contributed by atoms with Crippen molar-refractivity contribution in [2.24, 2.45) is 0 Å². The lowest BCUT2D eigenvalue weighted by atomic mass is 9.59. The van der Waals surface area contributed by atoms with E-state index in [1.807, 2.05) is 0 Å². The minimum absolute atomic E-state index is 0.917. The lowest BCUT2D eigenvalue weighted by Crippen LogP contribution is -2.50. The zero-order valence-corrected chi connectivity index (χ0v) is 30.8. The Labute approximate surface area is 306 Å². The third-order valence-electron chi connectivity index (χ3n) is 12.3. The second kappa shape index (κ2) is 11.7. The van der Waals surface area contributed by atoms with E-state index in [2.05, 4.69) is 172 Å². The van der Waals surface area contributed by atoms with Crippen molar-refractivity contribution < 1.29 is 4.42 Å². The summed E-state index contributed by atoms with van der Waals surface area (Å²) in [7, 11) is 18.5. The standard InChI is InChI=1S/C42H34B8O/c43-34-30-28(21-9-5-2-6-10-21)31-33(37(46)41(50)39(48)35(31)44)29(32(30)36(45)40(49)38(34)47)23-14-16-27-26(18-23)24-15-13-20-11-12-22(17-25(20)42(24)51-27)19-7-3-1-4-8-19/h1-18H,43-50H2. The molecular formula is C42H34B8O. The van der Waals surface area contributed by atoms with Crippen LogP contribution in [-0.4, -0.2) is 62.8 Å². The van der Waals surface area contributed by atoms with Crippen LogP contribution in [-0.2, 0) is 0 Å². The van der Waals surface area contributed by atoms with Crippen LogP contribution in [0, 0.1) is 0 Å². The molecule has 0 amide bonds. The average Bonchev–Trinajstić information content (AvgIpc) is 3.55. The van der Waals surface area contributed by atoms with Gasteiger partial charge in [-0.05, 0) is 84.6 Å². The highest BCUT2D eigenvalue weighted by Crippen LogP contribution is 2.43. The molecule has 0 spiro atoms. The fourth-order valence-corrected chi connectivity index (χ4v) is 8.83. The van der Waals surface area contributed by atoms with Gasteiger partial charge >= 0.3 is 0 Å². The summed E-state index contributed by atoms with van der Waals surface area (Å²) < 4.78 is 6.75. The second-order valence-electron chi connectivity index (χ2n) is 14.7. The first-order valence-corrected chi connectivity index (χ1v) is 18.1. The zero-order chi connectivity index (χ0) is 35.3. The smallest absolute Gasteiger partial charge is 0.143 e. The Morgan fingerprint density at radius 1 is 0.333 bits per heavy atom. The number of hydrogen-bond donors (Lipinski definition) is 0. The van der Waals surface area contributed by atoms with E-state index in [-0.39, 0.29) is 0 Å². The van der Waals surface area contributed by atoms with Gasteiger partial charge < -0.3 is 4.42 Å². The van der Waals surface area contributed by atoms with E-state index < -0.39 is 0 Å². The van der Waals surface area contributed by atoms with Crippen molar-refractivity contribution in [1.29, 1.82) is 0 Å². The monoisotopic (exact) mass is 642 g/mol. The van der Waals surface area contributed by atoms with Gasteiger partial charge in [0.1, 0.15) is 73.9 Å². The fourth-order valence-electron chi connectivity index (χ4n) is 8.83. The molecule has 9 rings (SSSR count). The maximum Gasteiger partial charge on any atom is 0.143 e. The number of fused-ring (bicyclic) bond motifs is 7.